The Kier molecular flexibility index (Phi) is 5.40. The fourth-order valence-electron chi connectivity index (χ4n) is 2.16. The summed E-state index contributed by atoms with van der Waals surface area (Å²) in [6.07, 6.45) is 3.25. The second-order valence-electron chi connectivity index (χ2n) is 4.22. The van der Waals surface area contributed by atoms with Gasteiger partial charge in [-0.25, -0.2) is 4.98 Å². The van der Waals surface area contributed by atoms with E-state index in [1.165, 1.54) is 0 Å². The zero-order chi connectivity index (χ0) is 13.7. The first-order valence-corrected chi connectivity index (χ1v) is 8.40. The molecule has 0 unspecified atom stereocenters. The summed E-state index contributed by atoms with van der Waals surface area (Å²) in [5.74, 6) is 3.34. The molecule has 0 aliphatic heterocycles. The lowest BCUT2D eigenvalue weighted by atomic mass is 10.3. The summed E-state index contributed by atoms with van der Waals surface area (Å²) < 4.78 is 7.84. The number of para-hydroxylation sites is 1. The van der Waals surface area contributed by atoms with Gasteiger partial charge in [0, 0.05) is 6.54 Å². The molecule has 1 aromatic heterocycles. The zero-order valence-corrected chi connectivity index (χ0v) is 12.9. The average molecular weight is 299 g/mol. The third-order valence-corrected chi connectivity index (χ3v) is 3.91. The number of benzene rings is 1. The third kappa shape index (κ3) is 3.18. The van der Waals surface area contributed by atoms with Crippen LogP contribution in [-0.4, -0.2) is 28.2 Å². The van der Waals surface area contributed by atoms with Gasteiger partial charge in [-0.15, -0.1) is 11.6 Å². The molecule has 19 heavy (non-hydrogen) atoms. The normalized spacial score (nSPS) is 11.1. The van der Waals surface area contributed by atoms with Crippen LogP contribution >= 0.6 is 23.4 Å². The quantitative estimate of drug-likeness (QED) is 0.572. The zero-order valence-electron chi connectivity index (χ0n) is 11.4. The van der Waals surface area contributed by atoms with E-state index in [0.717, 1.165) is 41.3 Å². The predicted molar refractivity (Wildman–Crippen MR) is 83.5 cm³/mol. The maximum absolute atomic E-state index is 6.02. The molecular weight excluding hydrogens is 280 g/mol. The molecule has 0 aliphatic carbocycles. The molecular formula is C14H19ClN2OS. The number of thioether (sulfide) groups is 1. The monoisotopic (exact) mass is 298 g/mol. The standard InChI is InChI=1S/C14H19ClN2OS/c1-3-18-12-7-4-6-11-14(12)16-13(10-15)17(11)8-5-9-19-2/h4,6-7H,3,5,8-10H2,1-2H3. The highest BCUT2D eigenvalue weighted by Crippen LogP contribution is 2.27. The molecule has 2 aromatic rings. The lowest BCUT2D eigenvalue weighted by molar-refractivity contribution is 0.343. The summed E-state index contributed by atoms with van der Waals surface area (Å²) in [5.41, 5.74) is 2.03. The summed E-state index contributed by atoms with van der Waals surface area (Å²) in [6.45, 7) is 3.58. The van der Waals surface area contributed by atoms with Crippen molar-refractivity contribution < 1.29 is 4.74 Å². The van der Waals surface area contributed by atoms with Crippen molar-refractivity contribution >= 4 is 34.4 Å². The molecule has 104 valence electrons. The Morgan fingerprint density at radius 1 is 1.42 bits per heavy atom. The van der Waals surface area contributed by atoms with Crippen LogP contribution < -0.4 is 4.74 Å². The molecule has 1 heterocycles. The summed E-state index contributed by atoms with van der Waals surface area (Å²) in [5, 5.41) is 0. The minimum absolute atomic E-state index is 0.430. The molecule has 2 rings (SSSR count). The molecule has 0 atom stereocenters. The maximum atomic E-state index is 6.02. The fourth-order valence-corrected chi connectivity index (χ4v) is 2.78. The van der Waals surface area contributed by atoms with Gasteiger partial charge in [0.05, 0.1) is 18.0 Å². The molecule has 0 aliphatic rings. The van der Waals surface area contributed by atoms with E-state index in [4.69, 9.17) is 16.3 Å². The maximum Gasteiger partial charge on any atom is 0.147 e. The van der Waals surface area contributed by atoms with Gasteiger partial charge in [0.25, 0.3) is 0 Å². The van der Waals surface area contributed by atoms with E-state index < -0.39 is 0 Å². The van der Waals surface area contributed by atoms with Crippen LogP contribution in [0.15, 0.2) is 18.2 Å². The van der Waals surface area contributed by atoms with Crippen molar-refractivity contribution in [2.75, 3.05) is 18.6 Å². The topological polar surface area (TPSA) is 27.1 Å². The molecule has 0 N–H and O–H groups in total. The molecule has 0 spiro atoms. The number of nitrogens with zero attached hydrogens (tertiary/aromatic N) is 2. The second kappa shape index (κ2) is 7.06. The van der Waals surface area contributed by atoms with Crippen molar-refractivity contribution in [1.82, 2.24) is 9.55 Å². The smallest absolute Gasteiger partial charge is 0.147 e. The number of halogens is 1. The van der Waals surface area contributed by atoms with Crippen LogP contribution in [0.4, 0.5) is 0 Å². The summed E-state index contributed by atoms with van der Waals surface area (Å²) >= 11 is 7.88. The molecule has 0 radical (unpaired) electrons. The number of aryl methyl sites for hydroxylation is 1. The van der Waals surface area contributed by atoms with Crippen LogP contribution in [0.1, 0.15) is 19.2 Å². The van der Waals surface area contributed by atoms with Gasteiger partial charge in [0.1, 0.15) is 17.1 Å². The Morgan fingerprint density at radius 2 is 2.26 bits per heavy atom. The van der Waals surface area contributed by atoms with Crippen LogP contribution in [0.3, 0.4) is 0 Å². The Hall–Kier alpha value is -0.870. The first kappa shape index (κ1) is 14.5. The number of ether oxygens (including phenoxy) is 1. The van der Waals surface area contributed by atoms with Crippen molar-refractivity contribution in [2.24, 2.45) is 0 Å². The molecule has 0 bridgehead atoms. The van der Waals surface area contributed by atoms with E-state index in [1.807, 2.05) is 30.8 Å². The van der Waals surface area contributed by atoms with Crippen LogP contribution in [0.5, 0.6) is 5.75 Å². The van der Waals surface area contributed by atoms with E-state index in [-0.39, 0.29) is 0 Å². The second-order valence-corrected chi connectivity index (χ2v) is 5.47. The van der Waals surface area contributed by atoms with Gasteiger partial charge in [-0.3, -0.25) is 0 Å². The van der Waals surface area contributed by atoms with Gasteiger partial charge in [-0.1, -0.05) is 6.07 Å². The van der Waals surface area contributed by atoms with Gasteiger partial charge in [-0.2, -0.15) is 11.8 Å². The molecule has 0 saturated heterocycles. The first-order chi connectivity index (χ1) is 9.31. The lowest BCUT2D eigenvalue weighted by Gasteiger charge is -2.07. The summed E-state index contributed by atoms with van der Waals surface area (Å²) in [4.78, 5) is 4.63. The van der Waals surface area contributed by atoms with Gasteiger partial charge in [-0.05, 0) is 37.5 Å². The fraction of sp³-hybridized carbons (Fsp3) is 0.500. The van der Waals surface area contributed by atoms with E-state index in [9.17, 15) is 0 Å². The Bertz CT molecular complexity index is 541. The highest BCUT2D eigenvalue weighted by Gasteiger charge is 2.13. The van der Waals surface area contributed by atoms with Crippen LogP contribution in [-0.2, 0) is 12.4 Å². The van der Waals surface area contributed by atoms with Gasteiger partial charge >= 0.3 is 0 Å². The van der Waals surface area contributed by atoms with Crippen LogP contribution in [0.2, 0.25) is 0 Å². The van der Waals surface area contributed by atoms with Crippen molar-refractivity contribution in [3.8, 4) is 5.75 Å². The minimum Gasteiger partial charge on any atom is -0.492 e. The number of alkyl halides is 1. The first-order valence-electron chi connectivity index (χ1n) is 6.47. The van der Waals surface area contributed by atoms with Crippen LogP contribution in [0, 0.1) is 0 Å². The Morgan fingerprint density at radius 3 is 2.95 bits per heavy atom. The molecule has 1 aromatic carbocycles. The number of imidazole rings is 1. The van der Waals surface area contributed by atoms with Gasteiger partial charge < -0.3 is 9.30 Å². The van der Waals surface area contributed by atoms with Crippen molar-refractivity contribution in [3.05, 3.63) is 24.0 Å². The summed E-state index contributed by atoms with van der Waals surface area (Å²) in [7, 11) is 0. The highest BCUT2D eigenvalue weighted by atomic mass is 35.5. The van der Waals surface area contributed by atoms with Crippen LogP contribution in [0.25, 0.3) is 11.0 Å². The Balaban J connectivity index is 2.40. The molecule has 0 saturated carbocycles. The number of hydrogen-bond acceptors (Lipinski definition) is 3. The average Bonchev–Trinajstić information content (AvgIpc) is 2.79. The SMILES string of the molecule is CCOc1cccc2c1nc(CCl)n2CCCSC. The molecule has 3 nitrogen and oxygen atoms in total. The van der Waals surface area contributed by atoms with E-state index in [2.05, 4.69) is 21.9 Å². The van der Waals surface area contributed by atoms with Crippen molar-refractivity contribution in [1.29, 1.82) is 0 Å². The van der Waals surface area contributed by atoms with Crippen molar-refractivity contribution in [2.45, 2.75) is 25.8 Å². The van der Waals surface area contributed by atoms with E-state index >= 15 is 0 Å². The number of rotatable bonds is 7. The Labute approximate surface area is 123 Å². The third-order valence-electron chi connectivity index (χ3n) is 2.97. The summed E-state index contributed by atoms with van der Waals surface area (Å²) in [6, 6.07) is 6.06. The highest BCUT2D eigenvalue weighted by molar-refractivity contribution is 7.98. The number of aromatic nitrogens is 2. The van der Waals surface area contributed by atoms with Gasteiger partial charge in [0.2, 0.25) is 0 Å². The molecule has 0 amide bonds. The number of hydrogen-bond donors (Lipinski definition) is 0. The molecule has 5 heteroatoms. The van der Waals surface area contributed by atoms with Gasteiger partial charge in [0.15, 0.2) is 0 Å². The lowest BCUT2D eigenvalue weighted by Crippen LogP contribution is -2.03. The molecule has 0 fully saturated rings. The minimum atomic E-state index is 0.430. The largest absolute Gasteiger partial charge is 0.492 e. The number of fused-ring (bicyclic) bond motifs is 1. The van der Waals surface area contributed by atoms with Crippen molar-refractivity contribution in [3.63, 3.8) is 0 Å². The van der Waals surface area contributed by atoms with E-state index in [0.29, 0.717) is 12.5 Å². The van der Waals surface area contributed by atoms with E-state index in [1.54, 1.807) is 0 Å². The predicted octanol–water partition coefficient (Wildman–Crippen LogP) is 3.93.